The highest BCUT2D eigenvalue weighted by Gasteiger charge is 2.14. The molecule has 0 saturated heterocycles. The molecule has 0 aliphatic heterocycles. The fourth-order valence-corrected chi connectivity index (χ4v) is 1.68. The molecule has 0 spiro atoms. The molecule has 5 heteroatoms. The van der Waals surface area contributed by atoms with Crippen molar-refractivity contribution in [3.05, 3.63) is 29.6 Å². The fourth-order valence-electron chi connectivity index (χ4n) is 1.68. The fraction of sp³-hybridized carbons (Fsp3) is 0.438. The second kappa shape index (κ2) is 8.29. The van der Waals surface area contributed by atoms with Gasteiger partial charge < -0.3 is 14.6 Å². The molecular formula is C16H21FO4. The summed E-state index contributed by atoms with van der Waals surface area (Å²) in [5.74, 6) is -1.66. The topological polar surface area (TPSA) is 55.8 Å². The van der Waals surface area contributed by atoms with E-state index >= 15 is 0 Å². The van der Waals surface area contributed by atoms with E-state index in [1.165, 1.54) is 6.92 Å². The highest BCUT2D eigenvalue weighted by Crippen LogP contribution is 2.32. The van der Waals surface area contributed by atoms with E-state index in [1.807, 2.05) is 13.8 Å². The van der Waals surface area contributed by atoms with Crippen LogP contribution in [-0.4, -0.2) is 24.3 Å². The molecule has 1 aromatic rings. The molecule has 0 amide bonds. The Hall–Kier alpha value is -2.04. The number of aliphatic carboxylic acids is 1. The smallest absolute Gasteiger partial charge is 0.365 e. The molecule has 0 radical (unpaired) electrons. The molecule has 0 aliphatic carbocycles. The van der Waals surface area contributed by atoms with Gasteiger partial charge in [-0.1, -0.05) is 19.9 Å². The van der Waals surface area contributed by atoms with Gasteiger partial charge in [0.05, 0.1) is 13.2 Å². The Labute approximate surface area is 124 Å². The molecule has 0 aromatic heterocycles. The van der Waals surface area contributed by atoms with Crippen LogP contribution in [0.3, 0.4) is 0 Å². The predicted molar refractivity (Wildman–Crippen MR) is 79.4 cm³/mol. The summed E-state index contributed by atoms with van der Waals surface area (Å²) in [6.45, 7) is 6.47. The number of ether oxygens (including phenoxy) is 2. The van der Waals surface area contributed by atoms with Crippen molar-refractivity contribution in [2.24, 2.45) is 0 Å². The van der Waals surface area contributed by atoms with E-state index in [-0.39, 0.29) is 5.57 Å². The molecule has 21 heavy (non-hydrogen) atoms. The van der Waals surface area contributed by atoms with Crippen LogP contribution in [0.25, 0.3) is 5.57 Å². The second-order valence-corrected chi connectivity index (χ2v) is 4.60. The SMILES string of the molecule is CCCOc1ccc(C(C)=C(F)C(=O)O)cc1OCCC. The zero-order valence-corrected chi connectivity index (χ0v) is 12.6. The molecule has 0 heterocycles. The molecule has 0 bridgehead atoms. The van der Waals surface area contributed by atoms with Gasteiger partial charge in [-0.3, -0.25) is 0 Å². The van der Waals surface area contributed by atoms with Crippen LogP contribution in [0.15, 0.2) is 24.0 Å². The lowest BCUT2D eigenvalue weighted by Gasteiger charge is -2.14. The highest BCUT2D eigenvalue weighted by molar-refractivity contribution is 5.93. The first-order valence-corrected chi connectivity index (χ1v) is 7.00. The Morgan fingerprint density at radius 2 is 1.71 bits per heavy atom. The Kier molecular flexibility index (Phi) is 6.72. The van der Waals surface area contributed by atoms with Gasteiger partial charge in [0.15, 0.2) is 11.5 Å². The summed E-state index contributed by atoms with van der Waals surface area (Å²) in [4.78, 5) is 10.7. The second-order valence-electron chi connectivity index (χ2n) is 4.60. The summed E-state index contributed by atoms with van der Waals surface area (Å²) in [6.07, 6.45) is 1.69. The van der Waals surface area contributed by atoms with Crippen LogP contribution in [0, 0.1) is 0 Å². The Bertz CT molecular complexity index is 523. The number of benzene rings is 1. The maximum absolute atomic E-state index is 13.5. The maximum atomic E-state index is 13.5. The Morgan fingerprint density at radius 3 is 2.24 bits per heavy atom. The number of rotatable bonds is 8. The molecule has 1 N–H and O–H groups in total. The van der Waals surface area contributed by atoms with Crippen LogP contribution in [-0.2, 0) is 4.79 Å². The van der Waals surface area contributed by atoms with Crippen LogP contribution in [0.1, 0.15) is 39.2 Å². The zero-order valence-electron chi connectivity index (χ0n) is 12.6. The number of allylic oxidation sites excluding steroid dienone is 1. The number of carboxylic acids is 1. The molecule has 0 fully saturated rings. The van der Waals surface area contributed by atoms with Gasteiger partial charge in [-0.25, -0.2) is 4.79 Å². The summed E-state index contributed by atoms with van der Waals surface area (Å²) < 4.78 is 24.7. The summed E-state index contributed by atoms with van der Waals surface area (Å²) >= 11 is 0. The number of hydrogen-bond donors (Lipinski definition) is 1. The van der Waals surface area contributed by atoms with Gasteiger partial charge >= 0.3 is 5.97 Å². The van der Waals surface area contributed by atoms with Crippen LogP contribution in [0.2, 0.25) is 0 Å². The maximum Gasteiger partial charge on any atom is 0.365 e. The van der Waals surface area contributed by atoms with E-state index in [9.17, 15) is 9.18 Å². The molecule has 4 nitrogen and oxygen atoms in total. The number of carbonyl (C=O) groups is 1. The monoisotopic (exact) mass is 296 g/mol. The van der Waals surface area contributed by atoms with Crippen molar-refractivity contribution >= 4 is 11.5 Å². The Balaban J connectivity index is 3.13. The first-order valence-electron chi connectivity index (χ1n) is 7.00. The predicted octanol–water partition coefficient (Wildman–Crippen LogP) is 4.05. The molecule has 0 atom stereocenters. The van der Waals surface area contributed by atoms with Gasteiger partial charge in [-0.2, -0.15) is 4.39 Å². The van der Waals surface area contributed by atoms with E-state index < -0.39 is 11.8 Å². The molecule has 0 unspecified atom stereocenters. The van der Waals surface area contributed by atoms with E-state index in [0.717, 1.165) is 12.8 Å². The minimum Gasteiger partial charge on any atom is -0.490 e. The lowest BCUT2D eigenvalue weighted by atomic mass is 10.1. The van der Waals surface area contributed by atoms with Gasteiger partial charge in [0.1, 0.15) is 0 Å². The number of hydrogen-bond acceptors (Lipinski definition) is 3. The Morgan fingerprint density at radius 1 is 1.14 bits per heavy atom. The standard InChI is InChI=1S/C16H21FO4/c1-4-8-20-13-7-6-12(10-14(13)21-9-5-2)11(3)15(17)16(18)19/h6-7,10H,4-5,8-9H2,1-3H3,(H,18,19). The minimum atomic E-state index is -1.57. The molecule has 0 saturated carbocycles. The first-order chi connectivity index (χ1) is 10.0. The van der Waals surface area contributed by atoms with Crippen molar-refractivity contribution < 1.29 is 23.8 Å². The summed E-state index contributed by atoms with van der Waals surface area (Å²) in [5.41, 5.74) is 0.524. The summed E-state index contributed by atoms with van der Waals surface area (Å²) in [7, 11) is 0. The molecule has 1 aromatic carbocycles. The molecular weight excluding hydrogens is 275 g/mol. The van der Waals surface area contributed by atoms with Gasteiger partial charge in [0.25, 0.3) is 0 Å². The van der Waals surface area contributed by atoms with E-state index in [2.05, 4.69) is 0 Å². The third kappa shape index (κ3) is 4.77. The zero-order chi connectivity index (χ0) is 15.8. The van der Waals surface area contributed by atoms with Gasteiger partial charge in [0.2, 0.25) is 5.83 Å². The van der Waals surface area contributed by atoms with Gasteiger partial charge in [-0.05, 0) is 43.0 Å². The quantitative estimate of drug-likeness (QED) is 0.735. The largest absolute Gasteiger partial charge is 0.490 e. The van der Waals surface area contributed by atoms with Crippen LogP contribution >= 0.6 is 0 Å². The molecule has 116 valence electrons. The van der Waals surface area contributed by atoms with Crippen molar-refractivity contribution in [3.63, 3.8) is 0 Å². The third-order valence-electron chi connectivity index (χ3n) is 2.82. The summed E-state index contributed by atoms with van der Waals surface area (Å²) in [5, 5.41) is 8.71. The average Bonchev–Trinajstić information content (AvgIpc) is 2.49. The van der Waals surface area contributed by atoms with Gasteiger partial charge in [0, 0.05) is 0 Å². The minimum absolute atomic E-state index is 0.0610. The third-order valence-corrected chi connectivity index (χ3v) is 2.82. The normalized spacial score (nSPS) is 11.8. The van der Waals surface area contributed by atoms with E-state index in [0.29, 0.717) is 30.3 Å². The summed E-state index contributed by atoms with van der Waals surface area (Å²) in [6, 6.07) is 4.91. The lowest BCUT2D eigenvalue weighted by molar-refractivity contribution is -0.134. The number of carboxylic acid groups (broad SMARTS) is 1. The van der Waals surface area contributed by atoms with Crippen LogP contribution in [0.4, 0.5) is 4.39 Å². The van der Waals surface area contributed by atoms with Crippen molar-refractivity contribution in [3.8, 4) is 11.5 Å². The van der Waals surface area contributed by atoms with Gasteiger partial charge in [-0.15, -0.1) is 0 Å². The van der Waals surface area contributed by atoms with Crippen molar-refractivity contribution in [1.29, 1.82) is 0 Å². The van der Waals surface area contributed by atoms with E-state index in [1.54, 1.807) is 18.2 Å². The highest BCUT2D eigenvalue weighted by atomic mass is 19.1. The lowest BCUT2D eigenvalue weighted by Crippen LogP contribution is -2.02. The van der Waals surface area contributed by atoms with E-state index in [4.69, 9.17) is 14.6 Å². The van der Waals surface area contributed by atoms with Crippen molar-refractivity contribution in [1.82, 2.24) is 0 Å². The van der Waals surface area contributed by atoms with Crippen LogP contribution < -0.4 is 9.47 Å². The van der Waals surface area contributed by atoms with Crippen LogP contribution in [0.5, 0.6) is 11.5 Å². The first kappa shape index (κ1) is 17.0. The number of halogens is 1. The van der Waals surface area contributed by atoms with Crippen molar-refractivity contribution in [2.75, 3.05) is 13.2 Å². The average molecular weight is 296 g/mol. The van der Waals surface area contributed by atoms with Crippen molar-refractivity contribution in [2.45, 2.75) is 33.6 Å². The molecule has 1 rings (SSSR count). The molecule has 0 aliphatic rings.